The van der Waals surface area contributed by atoms with Crippen molar-refractivity contribution in [3.05, 3.63) is 0 Å². The maximum absolute atomic E-state index is 11.3. The Balaban J connectivity index is 1.47. The van der Waals surface area contributed by atoms with Gasteiger partial charge in [-0.15, -0.1) is 0 Å². The van der Waals surface area contributed by atoms with Crippen LogP contribution in [0, 0.1) is 0 Å². The minimum atomic E-state index is -2.00. The van der Waals surface area contributed by atoms with E-state index in [0.29, 0.717) is 0 Å². The Hall–Kier alpha value is -1.25. The van der Waals surface area contributed by atoms with Crippen molar-refractivity contribution in [3.63, 3.8) is 0 Å². The number of aliphatic hydroxyl groups excluding tert-OH is 11. The highest BCUT2D eigenvalue weighted by atomic mass is 16.8. The monoisotopic (exact) mass is 648 g/mol. The Morgan fingerprint density at radius 2 is 1.05 bits per heavy atom. The minimum absolute atomic E-state index is 0.773. The van der Waals surface area contributed by atoms with E-state index in [2.05, 4.69) is 0 Å². The Labute approximate surface area is 249 Å². The molecule has 0 aromatic rings. The fourth-order valence-corrected chi connectivity index (χ4v) is 5.29. The van der Waals surface area contributed by atoms with Gasteiger partial charge in [-0.2, -0.15) is 0 Å². The van der Waals surface area contributed by atoms with Crippen LogP contribution in [0.25, 0.3) is 0 Å². The third-order valence-electron chi connectivity index (χ3n) is 8.07. The van der Waals surface area contributed by atoms with E-state index in [1.807, 2.05) is 0 Å². The first-order valence-electron chi connectivity index (χ1n) is 13.8. The normalized spacial score (nSPS) is 53.8. The zero-order valence-corrected chi connectivity index (χ0v) is 23.4. The van der Waals surface area contributed by atoms with Crippen LogP contribution in [0.15, 0.2) is 0 Å². The minimum Gasteiger partial charge on any atom is -0.479 e. The van der Waals surface area contributed by atoms with E-state index in [-0.39, 0.29) is 0 Å². The molecule has 0 aliphatic carbocycles. The lowest BCUT2D eigenvalue weighted by atomic mass is 9.96. The second-order valence-electron chi connectivity index (χ2n) is 11.2. The molecule has 20 nitrogen and oxygen atoms in total. The summed E-state index contributed by atoms with van der Waals surface area (Å²) in [6, 6.07) is 0. The first-order chi connectivity index (χ1) is 20.5. The van der Waals surface area contributed by atoms with Crippen molar-refractivity contribution in [3.8, 4) is 0 Å². The summed E-state index contributed by atoms with van der Waals surface area (Å²) in [6.45, 7) is 1.97. The number of hydrogen-bond acceptors (Lipinski definition) is 19. The predicted molar refractivity (Wildman–Crippen MR) is 132 cm³/mol. The molecule has 0 aromatic heterocycles. The van der Waals surface area contributed by atoms with Gasteiger partial charge >= 0.3 is 5.97 Å². The number of ether oxygens (including phenoxy) is 7. The summed E-state index contributed by atoms with van der Waals surface area (Å²) in [5, 5.41) is 123. The van der Waals surface area contributed by atoms with Gasteiger partial charge in [0.15, 0.2) is 31.3 Å². The average molecular weight is 649 g/mol. The van der Waals surface area contributed by atoms with Crippen LogP contribution in [0.5, 0.6) is 0 Å². The Morgan fingerprint density at radius 1 is 0.545 bits per heavy atom. The predicted octanol–water partition coefficient (Wildman–Crippen LogP) is -7.60. The summed E-state index contributed by atoms with van der Waals surface area (Å²) >= 11 is 0. The summed E-state index contributed by atoms with van der Waals surface area (Å²) in [4.78, 5) is 11.3. The molecule has 0 saturated carbocycles. The van der Waals surface area contributed by atoms with Gasteiger partial charge in [0.1, 0.15) is 79.4 Å². The second kappa shape index (κ2) is 14.3. The molecule has 20 atom stereocenters. The van der Waals surface area contributed by atoms with Gasteiger partial charge in [0.25, 0.3) is 0 Å². The molecular formula is C24H40O20. The molecule has 1 unspecified atom stereocenters. The highest BCUT2D eigenvalue weighted by Gasteiger charge is 2.54. The van der Waals surface area contributed by atoms with Crippen molar-refractivity contribution in [2.24, 2.45) is 0 Å². The number of carboxylic acid groups (broad SMARTS) is 1. The Kier molecular flexibility index (Phi) is 11.5. The van der Waals surface area contributed by atoms with Gasteiger partial charge in [-0.3, -0.25) is 0 Å². The molecule has 0 spiro atoms. The zero-order chi connectivity index (χ0) is 32.8. The van der Waals surface area contributed by atoms with E-state index in [1.165, 1.54) is 13.8 Å². The summed E-state index contributed by atoms with van der Waals surface area (Å²) in [6.07, 6.45) is -34.7. The van der Waals surface area contributed by atoms with Crippen LogP contribution in [0.4, 0.5) is 0 Å². The number of rotatable bonds is 8. The van der Waals surface area contributed by atoms with Gasteiger partial charge in [0.2, 0.25) is 0 Å². The summed E-state index contributed by atoms with van der Waals surface area (Å²) in [5.41, 5.74) is 0. The van der Waals surface area contributed by atoms with E-state index in [4.69, 9.17) is 33.2 Å². The highest BCUT2D eigenvalue weighted by molar-refractivity contribution is 5.73. The Bertz CT molecular complexity index is 959. The summed E-state index contributed by atoms with van der Waals surface area (Å²) in [7, 11) is 0. The van der Waals surface area contributed by atoms with Crippen LogP contribution >= 0.6 is 0 Å². The first kappa shape index (κ1) is 35.6. The summed E-state index contributed by atoms with van der Waals surface area (Å²) < 4.78 is 37.8. The molecule has 4 heterocycles. The van der Waals surface area contributed by atoms with Crippen molar-refractivity contribution >= 4 is 5.97 Å². The topological polar surface area (TPSA) is 324 Å². The number of hydrogen-bond donors (Lipinski definition) is 12. The molecule has 20 heteroatoms. The van der Waals surface area contributed by atoms with Gasteiger partial charge in [-0.1, -0.05) is 0 Å². The van der Waals surface area contributed by atoms with Crippen LogP contribution < -0.4 is 0 Å². The average Bonchev–Trinajstić information content (AvgIpc) is 2.97. The second-order valence-corrected chi connectivity index (χ2v) is 11.2. The van der Waals surface area contributed by atoms with Gasteiger partial charge < -0.3 is 94.4 Å². The van der Waals surface area contributed by atoms with Crippen molar-refractivity contribution < 1.29 is 99.2 Å². The van der Waals surface area contributed by atoms with E-state index in [0.717, 1.165) is 0 Å². The van der Waals surface area contributed by atoms with Gasteiger partial charge in [-0.05, 0) is 13.8 Å². The standard InChI is InChI=1S/C24H40O20/c1-4-7(25)10(28)15(33)23(40-4)42-17-8(26)5(2)39-21(37)19(17)44-24-16(34)11(29)9(27)6(41-24)3-38-22-14(32)12(30)13(31)18(43-22)20(35)36/h4-19,21-34,37H,3H2,1-2H3,(H,35,36)/t4-,5-,6+,7-,8-,9+,10+,11-,12-,13-,14+,15+,16+,17+,18-,19+,21?,22+,23-,24+/m0/s1. The third-order valence-corrected chi connectivity index (χ3v) is 8.07. The van der Waals surface area contributed by atoms with E-state index in [1.54, 1.807) is 0 Å². The smallest absolute Gasteiger partial charge is 0.335 e. The molecule has 0 aromatic carbocycles. The quantitative estimate of drug-likeness (QED) is 0.116. The van der Waals surface area contributed by atoms with Crippen molar-refractivity contribution in [1.29, 1.82) is 0 Å². The number of carbonyl (C=O) groups is 1. The zero-order valence-electron chi connectivity index (χ0n) is 23.4. The molecule has 0 bridgehead atoms. The number of aliphatic carboxylic acids is 1. The molecule has 44 heavy (non-hydrogen) atoms. The molecule has 4 rings (SSSR count). The van der Waals surface area contributed by atoms with Crippen molar-refractivity contribution in [2.75, 3.05) is 6.61 Å². The number of carboxylic acids is 1. The lowest BCUT2D eigenvalue weighted by molar-refractivity contribution is -0.386. The molecular weight excluding hydrogens is 608 g/mol. The van der Waals surface area contributed by atoms with Crippen molar-refractivity contribution in [2.45, 2.75) is 137 Å². The van der Waals surface area contributed by atoms with Gasteiger partial charge in [0, 0.05) is 0 Å². The van der Waals surface area contributed by atoms with E-state index in [9.17, 15) is 66.1 Å². The molecule has 256 valence electrons. The van der Waals surface area contributed by atoms with E-state index >= 15 is 0 Å². The molecule has 4 fully saturated rings. The summed E-state index contributed by atoms with van der Waals surface area (Å²) in [5.74, 6) is -1.68. The first-order valence-corrected chi connectivity index (χ1v) is 13.8. The SMILES string of the molecule is C[C@@H]1O[C@@H](O[C@@H]2[C@@H](O)[C@H](C)OC(O)[C@@H]2O[C@H]2O[C@H](CO[C@@H]3O[C@H](C(=O)O)[C@@H](O)[C@H](O)[C@H]3O)[C@@H](O)[C@H](O)[C@H]2O)[C@H](O)[C@H](O)[C@H]1O. The number of aliphatic hydroxyl groups is 11. The molecule has 4 aliphatic rings. The maximum atomic E-state index is 11.3. The molecule has 4 aliphatic heterocycles. The fourth-order valence-electron chi connectivity index (χ4n) is 5.29. The van der Waals surface area contributed by atoms with Crippen LogP contribution in [-0.4, -0.2) is 197 Å². The lowest BCUT2D eigenvalue weighted by Gasteiger charge is -2.48. The van der Waals surface area contributed by atoms with E-state index < -0.39 is 135 Å². The van der Waals surface area contributed by atoms with Crippen LogP contribution in [0.3, 0.4) is 0 Å². The van der Waals surface area contributed by atoms with Crippen LogP contribution in [0.2, 0.25) is 0 Å². The highest BCUT2D eigenvalue weighted by Crippen LogP contribution is 2.33. The van der Waals surface area contributed by atoms with Gasteiger partial charge in [0.05, 0.1) is 18.8 Å². The molecule has 4 saturated heterocycles. The Morgan fingerprint density at radius 3 is 1.66 bits per heavy atom. The largest absolute Gasteiger partial charge is 0.479 e. The molecule has 0 radical (unpaired) electrons. The van der Waals surface area contributed by atoms with Crippen molar-refractivity contribution in [1.82, 2.24) is 0 Å². The lowest BCUT2D eigenvalue weighted by Crippen LogP contribution is -2.66. The van der Waals surface area contributed by atoms with Crippen LogP contribution in [-0.2, 0) is 38.0 Å². The van der Waals surface area contributed by atoms with Crippen LogP contribution in [0.1, 0.15) is 13.8 Å². The maximum Gasteiger partial charge on any atom is 0.335 e. The van der Waals surface area contributed by atoms with Gasteiger partial charge in [-0.25, -0.2) is 4.79 Å². The third kappa shape index (κ3) is 7.02. The molecule has 0 amide bonds. The fraction of sp³-hybridized carbons (Fsp3) is 0.958. The molecule has 12 N–H and O–H groups in total.